The van der Waals surface area contributed by atoms with Crippen LogP contribution in [-0.2, 0) is 22.6 Å². The zero-order valence-electron chi connectivity index (χ0n) is 20.0. The number of rotatable bonds is 10. The number of amides is 2. The third-order valence-electron chi connectivity index (χ3n) is 6.39. The average molecular weight is 570 g/mol. The Kier molecular flexibility index (Phi) is 9.42. The van der Waals surface area contributed by atoms with Crippen LogP contribution in [0.25, 0.3) is 0 Å². The Hall–Kier alpha value is -2.83. The van der Waals surface area contributed by atoms with Crippen molar-refractivity contribution in [3.05, 3.63) is 99.5 Å². The molecule has 36 heavy (non-hydrogen) atoms. The van der Waals surface area contributed by atoms with Crippen molar-refractivity contribution >= 4 is 39.3 Å². The van der Waals surface area contributed by atoms with E-state index < -0.39 is 6.04 Å². The average Bonchev–Trinajstić information content (AvgIpc) is 3.39. The van der Waals surface area contributed by atoms with Crippen molar-refractivity contribution in [2.45, 2.75) is 50.7 Å². The lowest BCUT2D eigenvalue weighted by Gasteiger charge is -2.32. The summed E-state index contributed by atoms with van der Waals surface area (Å²) in [6, 6.07) is 24.0. The number of hydrogen-bond donors (Lipinski definition) is 1. The summed E-state index contributed by atoms with van der Waals surface area (Å²) in [5.74, 6) is 0.189. The number of carbonyl (C=O) groups excluding carboxylic acids is 2. The molecule has 1 fully saturated rings. The van der Waals surface area contributed by atoms with E-state index >= 15 is 0 Å². The minimum Gasteiger partial charge on any atom is -0.484 e. The summed E-state index contributed by atoms with van der Waals surface area (Å²) in [7, 11) is 0. The molecular formula is C29H30BrClN2O3. The van der Waals surface area contributed by atoms with E-state index in [2.05, 4.69) is 21.2 Å². The Morgan fingerprint density at radius 2 is 1.67 bits per heavy atom. The van der Waals surface area contributed by atoms with Crippen LogP contribution in [0.5, 0.6) is 5.75 Å². The predicted octanol–water partition coefficient (Wildman–Crippen LogP) is 6.18. The molecule has 1 unspecified atom stereocenters. The molecule has 1 N–H and O–H groups in total. The van der Waals surface area contributed by atoms with E-state index in [9.17, 15) is 9.59 Å². The fraction of sp³-hybridized carbons (Fsp3) is 0.310. The van der Waals surface area contributed by atoms with Gasteiger partial charge in [0.2, 0.25) is 5.91 Å². The van der Waals surface area contributed by atoms with Gasteiger partial charge in [0.15, 0.2) is 6.61 Å². The normalized spacial score (nSPS) is 14.3. The van der Waals surface area contributed by atoms with Crippen molar-refractivity contribution in [2.75, 3.05) is 6.61 Å². The number of benzene rings is 3. The Labute approximate surface area is 225 Å². The molecule has 0 aromatic heterocycles. The maximum atomic E-state index is 13.6. The van der Waals surface area contributed by atoms with Crippen LogP contribution in [-0.4, -0.2) is 35.4 Å². The van der Waals surface area contributed by atoms with E-state index in [-0.39, 0.29) is 31.0 Å². The van der Waals surface area contributed by atoms with Gasteiger partial charge in [0.05, 0.1) is 0 Å². The molecule has 2 amide bonds. The van der Waals surface area contributed by atoms with Gasteiger partial charge in [0.1, 0.15) is 11.8 Å². The lowest BCUT2D eigenvalue weighted by molar-refractivity contribution is -0.143. The standard InChI is InChI=1S/C29H30BrClN2O3/c30-23-13-15-26(16-14-23)36-20-28(34)33(19-22-9-6-10-24(31)17-22)27(18-21-7-2-1-3-8-21)29(35)32-25-11-4-5-12-25/h1-3,6-10,13-17,25,27H,4-5,11-12,18-20H2,(H,32,35). The van der Waals surface area contributed by atoms with Crippen LogP contribution in [0.1, 0.15) is 36.8 Å². The number of halogens is 2. The van der Waals surface area contributed by atoms with Crippen molar-refractivity contribution in [2.24, 2.45) is 0 Å². The molecule has 7 heteroatoms. The highest BCUT2D eigenvalue weighted by Gasteiger charge is 2.32. The molecular weight excluding hydrogens is 540 g/mol. The lowest BCUT2D eigenvalue weighted by atomic mass is 10.0. The van der Waals surface area contributed by atoms with Gasteiger partial charge >= 0.3 is 0 Å². The third kappa shape index (κ3) is 7.58. The summed E-state index contributed by atoms with van der Waals surface area (Å²) in [6.07, 6.45) is 4.57. The van der Waals surface area contributed by atoms with Gasteiger partial charge in [-0.05, 0) is 60.4 Å². The molecule has 188 valence electrons. The maximum Gasteiger partial charge on any atom is 0.261 e. The molecule has 0 bridgehead atoms. The van der Waals surface area contributed by atoms with Crippen LogP contribution < -0.4 is 10.1 Å². The van der Waals surface area contributed by atoms with Crippen LogP contribution in [0.2, 0.25) is 5.02 Å². The summed E-state index contributed by atoms with van der Waals surface area (Å²) in [4.78, 5) is 28.9. The molecule has 3 aromatic rings. The van der Waals surface area contributed by atoms with Gasteiger partial charge in [0.25, 0.3) is 5.91 Å². The number of ether oxygens (including phenoxy) is 1. The molecule has 0 aliphatic heterocycles. The van der Waals surface area contributed by atoms with Crippen molar-refractivity contribution in [1.82, 2.24) is 10.2 Å². The van der Waals surface area contributed by atoms with Gasteiger partial charge in [-0.3, -0.25) is 9.59 Å². The zero-order chi connectivity index (χ0) is 25.3. The number of hydrogen-bond acceptors (Lipinski definition) is 3. The first-order valence-corrected chi connectivity index (χ1v) is 13.4. The number of nitrogens with one attached hydrogen (secondary N) is 1. The summed E-state index contributed by atoms with van der Waals surface area (Å²) in [6.45, 7) is 0.0723. The molecule has 0 spiro atoms. The van der Waals surface area contributed by atoms with E-state index in [1.807, 2.05) is 60.7 Å². The van der Waals surface area contributed by atoms with Crippen molar-refractivity contribution in [3.63, 3.8) is 0 Å². The fourth-order valence-corrected chi connectivity index (χ4v) is 4.99. The second kappa shape index (κ2) is 12.9. The Morgan fingerprint density at radius 1 is 0.972 bits per heavy atom. The Bertz CT molecular complexity index is 1150. The SMILES string of the molecule is O=C(NC1CCCC1)C(Cc1ccccc1)N(Cc1cccc(Cl)c1)C(=O)COc1ccc(Br)cc1. The molecule has 1 atom stereocenters. The lowest BCUT2D eigenvalue weighted by Crippen LogP contribution is -2.53. The van der Waals surface area contributed by atoms with Gasteiger partial charge in [-0.25, -0.2) is 0 Å². The molecule has 0 heterocycles. The van der Waals surface area contributed by atoms with Crippen LogP contribution >= 0.6 is 27.5 Å². The minimum absolute atomic E-state index is 0.134. The monoisotopic (exact) mass is 568 g/mol. The van der Waals surface area contributed by atoms with Gasteiger partial charge in [-0.1, -0.05) is 82.8 Å². The summed E-state index contributed by atoms with van der Waals surface area (Å²) in [5.41, 5.74) is 1.84. The second-order valence-corrected chi connectivity index (χ2v) is 10.4. The van der Waals surface area contributed by atoms with Gasteiger partial charge in [-0.15, -0.1) is 0 Å². The first-order chi connectivity index (χ1) is 17.5. The van der Waals surface area contributed by atoms with E-state index in [0.29, 0.717) is 17.2 Å². The highest BCUT2D eigenvalue weighted by atomic mass is 79.9. The molecule has 1 aliphatic carbocycles. The minimum atomic E-state index is -0.687. The van der Waals surface area contributed by atoms with Crippen LogP contribution in [0, 0.1) is 0 Å². The Balaban J connectivity index is 1.60. The molecule has 3 aromatic carbocycles. The van der Waals surface area contributed by atoms with Crippen molar-refractivity contribution < 1.29 is 14.3 Å². The molecule has 1 aliphatic rings. The quantitative estimate of drug-likeness (QED) is 0.317. The largest absolute Gasteiger partial charge is 0.484 e. The van der Waals surface area contributed by atoms with Gasteiger partial charge in [-0.2, -0.15) is 0 Å². The first kappa shape index (κ1) is 26.2. The Morgan fingerprint density at radius 3 is 2.36 bits per heavy atom. The van der Waals surface area contributed by atoms with E-state index in [1.165, 1.54) is 0 Å². The van der Waals surface area contributed by atoms with E-state index in [4.69, 9.17) is 16.3 Å². The predicted molar refractivity (Wildman–Crippen MR) is 146 cm³/mol. The van der Waals surface area contributed by atoms with Gasteiger partial charge < -0.3 is 15.0 Å². The number of nitrogens with zero attached hydrogens (tertiary/aromatic N) is 1. The first-order valence-electron chi connectivity index (χ1n) is 12.2. The summed E-state index contributed by atoms with van der Waals surface area (Å²) >= 11 is 9.64. The molecule has 4 rings (SSSR count). The van der Waals surface area contributed by atoms with Crippen LogP contribution in [0.4, 0.5) is 0 Å². The fourth-order valence-electron chi connectivity index (χ4n) is 4.51. The molecule has 0 saturated heterocycles. The van der Waals surface area contributed by atoms with Gasteiger partial charge in [0, 0.05) is 28.5 Å². The number of carbonyl (C=O) groups is 2. The van der Waals surface area contributed by atoms with Crippen LogP contribution in [0.3, 0.4) is 0 Å². The highest BCUT2D eigenvalue weighted by molar-refractivity contribution is 9.10. The van der Waals surface area contributed by atoms with E-state index in [0.717, 1.165) is 41.3 Å². The second-order valence-electron chi connectivity index (χ2n) is 9.09. The molecule has 0 radical (unpaired) electrons. The smallest absolute Gasteiger partial charge is 0.261 e. The zero-order valence-corrected chi connectivity index (χ0v) is 22.4. The summed E-state index contributed by atoms with van der Waals surface area (Å²) in [5, 5.41) is 3.79. The van der Waals surface area contributed by atoms with E-state index in [1.54, 1.807) is 23.1 Å². The molecule has 1 saturated carbocycles. The maximum absolute atomic E-state index is 13.6. The van der Waals surface area contributed by atoms with Crippen molar-refractivity contribution in [3.8, 4) is 5.75 Å². The van der Waals surface area contributed by atoms with Crippen molar-refractivity contribution in [1.29, 1.82) is 0 Å². The molecule has 5 nitrogen and oxygen atoms in total. The van der Waals surface area contributed by atoms with Crippen LogP contribution in [0.15, 0.2) is 83.3 Å². The highest BCUT2D eigenvalue weighted by Crippen LogP contribution is 2.21. The third-order valence-corrected chi connectivity index (χ3v) is 7.15. The summed E-state index contributed by atoms with van der Waals surface area (Å²) < 4.78 is 6.74. The topological polar surface area (TPSA) is 58.6 Å².